The van der Waals surface area contributed by atoms with Gasteiger partial charge in [0.1, 0.15) is 0 Å². The highest BCUT2D eigenvalue weighted by Crippen LogP contribution is 2.36. The van der Waals surface area contributed by atoms with Crippen LogP contribution in [0.1, 0.15) is 32.1 Å². The Morgan fingerprint density at radius 1 is 1.06 bits per heavy atom. The van der Waals surface area contributed by atoms with Crippen LogP contribution in [0.15, 0.2) is 67.0 Å². The normalized spacial score (nSPS) is 12.2. The van der Waals surface area contributed by atoms with Crippen molar-refractivity contribution in [3.05, 3.63) is 94.3 Å². The number of aromatic nitrogens is 2. The van der Waals surface area contributed by atoms with Gasteiger partial charge in [-0.25, -0.2) is 4.68 Å². The van der Waals surface area contributed by atoms with Crippen LogP contribution in [0.2, 0.25) is 0 Å². The van der Waals surface area contributed by atoms with Crippen LogP contribution in [0.25, 0.3) is 15.8 Å². The largest absolute Gasteiger partial charge is 0.435 e. The van der Waals surface area contributed by atoms with E-state index in [4.69, 9.17) is 5.73 Å². The van der Waals surface area contributed by atoms with E-state index in [2.05, 4.69) is 17.0 Å². The van der Waals surface area contributed by atoms with Gasteiger partial charge in [-0.3, -0.25) is 4.79 Å². The molecule has 12 heteroatoms. The summed E-state index contributed by atoms with van der Waals surface area (Å²) in [5.74, 6) is -1.01. The van der Waals surface area contributed by atoms with Gasteiger partial charge in [-0.05, 0) is 29.1 Å². The van der Waals surface area contributed by atoms with Crippen molar-refractivity contribution < 1.29 is 31.1 Å². The van der Waals surface area contributed by atoms with Gasteiger partial charge in [-0.2, -0.15) is 31.4 Å². The van der Waals surface area contributed by atoms with Crippen molar-refractivity contribution in [3.8, 4) is 5.69 Å². The minimum Gasteiger partial charge on any atom is -0.401 e. The van der Waals surface area contributed by atoms with E-state index in [1.807, 2.05) is 0 Å². The molecule has 2 aromatic carbocycles. The molecule has 4 rings (SSSR count). The lowest BCUT2D eigenvalue weighted by Crippen LogP contribution is -2.29. The van der Waals surface area contributed by atoms with Crippen molar-refractivity contribution in [2.45, 2.75) is 18.8 Å². The van der Waals surface area contributed by atoms with Crippen molar-refractivity contribution >= 4 is 27.3 Å². The maximum absolute atomic E-state index is 13.6. The lowest BCUT2D eigenvalue weighted by atomic mass is 10.1. The number of carbonyl (C=O) groups is 1. The number of benzene rings is 2. The van der Waals surface area contributed by atoms with E-state index in [-0.39, 0.29) is 18.7 Å². The smallest absolute Gasteiger partial charge is 0.401 e. The monoisotopic (exact) mass is 524 g/mol. The average molecular weight is 524 g/mol. The molecule has 0 atom stereocenters. The fraction of sp³-hybridized carbons (Fsp3) is 0.167. The van der Waals surface area contributed by atoms with Crippen molar-refractivity contribution in [3.63, 3.8) is 0 Å². The first-order valence-electron chi connectivity index (χ1n) is 10.4. The molecule has 3 N–H and O–H groups in total. The second-order valence-corrected chi connectivity index (χ2v) is 9.09. The van der Waals surface area contributed by atoms with E-state index < -0.39 is 35.1 Å². The van der Waals surface area contributed by atoms with Gasteiger partial charge < -0.3 is 11.1 Å². The molecule has 188 valence electrons. The molecule has 0 spiro atoms. The van der Waals surface area contributed by atoms with E-state index in [1.165, 1.54) is 17.4 Å². The van der Waals surface area contributed by atoms with Crippen LogP contribution in [0.3, 0.4) is 0 Å². The third kappa shape index (κ3) is 5.38. The lowest BCUT2D eigenvalue weighted by Gasteiger charge is -2.08. The summed E-state index contributed by atoms with van der Waals surface area (Å²) in [6.45, 7) is 3.19. The zero-order valence-electron chi connectivity index (χ0n) is 18.4. The van der Waals surface area contributed by atoms with Crippen LogP contribution in [-0.4, -0.2) is 22.2 Å². The number of nitrogens with zero attached hydrogens (tertiary/aromatic N) is 2. The van der Waals surface area contributed by atoms with Gasteiger partial charge >= 0.3 is 12.4 Å². The van der Waals surface area contributed by atoms with Gasteiger partial charge in [-0.15, -0.1) is 11.3 Å². The highest BCUT2D eigenvalue weighted by atomic mass is 32.1. The quantitative estimate of drug-likeness (QED) is 0.308. The molecular weight excluding hydrogens is 506 g/mol. The van der Waals surface area contributed by atoms with Gasteiger partial charge in [0.15, 0.2) is 5.69 Å². The second-order valence-electron chi connectivity index (χ2n) is 7.96. The Morgan fingerprint density at radius 3 is 2.44 bits per heavy atom. The topological polar surface area (TPSA) is 72.9 Å². The first-order chi connectivity index (χ1) is 16.8. The summed E-state index contributed by atoms with van der Waals surface area (Å²) in [4.78, 5) is 13.1. The molecule has 4 aromatic rings. The fourth-order valence-corrected chi connectivity index (χ4v) is 4.79. The minimum atomic E-state index is -4.89. The Morgan fingerprint density at radius 2 is 1.78 bits per heavy atom. The molecule has 36 heavy (non-hydrogen) atoms. The van der Waals surface area contributed by atoms with Crippen LogP contribution >= 0.6 is 11.3 Å². The highest BCUT2D eigenvalue weighted by molar-refractivity contribution is 7.19. The number of fused-ring (bicyclic) bond motifs is 1. The van der Waals surface area contributed by atoms with Gasteiger partial charge in [0.2, 0.25) is 0 Å². The molecule has 1 amide bonds. The van der Waals surface area contributed by atoms with Crippen LogP contribution in [-0.2, 0) is 18.8 Å². The molecule has 0 aliphatic heterocycles. The molecule has 0 aliphatic carbocycles. The molecule has 5 nitrogen and oxygen atoms in total. The number of nitrogens with one attached hydrogen (secondary N) is 1. The molecule has 0 saturated heterocycles. The SMILES string of the molecule is C=C(N)CNC(=O)c1cn(-c2cccc3cc(Cc4cccc(C(F)(F)F)c4)sc23)nc1C(F)(F)F. The first kappa shape index (κ1) is 25.3. The van der Waals surface area contributed by atoms with Crippen molar-refractivity contribution in [1.29, 1.82) is 0 Å². The molecule has 2 aromatic heterocycles. The van der Waals surface area contributed by atoms with Gasteiger partial charge in [0, 0.05) is 23.2 Å². The number of hydrogen-bond acceptors (Lipinski definition) is 4. The molecule has 0 fully saturated rings. The lowest BCUT2D eigenvalue weighted by molar-refractivity contribution is -0.141. The van der Waals surface area contributed by atoms with Gasteiger partial charge in [0.05, 0.1) is 28.1 Å². The van der Waals surface area contributed by atoms with Gasteiger partial charge in [0.25, 0.3) is 5.91 Å². The molecule has 0 saturated carbocycles. The Kier molecular flexibility index (Phi) is 6.56. The summed E-state index contributed by atoms with van der Waals surface area (Å²) >= 11 is 1.22. The average Bonchev–Trinajstić information content (AvgIpc) is 3.41. The highest BCUT2D eigenvalue weighted by Gasteiger charge is 2.39. The number of carbonyl (C=O) groups excluding carboxylic acids is 1. The molecule has 0 bridgehead atoms. The van der Waals surface area contributed by atoms with E-state index in [0.717, 1.165) is 23.0 Å². The van der Waals surface area contributed by atoms with E-state index in [1.54, 1.807) is 30.3 Å². The Labute approximate surface area is 204 Å². The molecule has 0 radical (unpaired) electrons. The van der Waals surface area contributed by atoms with E-state index in [0.29, 0.717) is 26.2 Å². The predicted molar refractivity (Wildman–Crippen MR) is 124 cm³/mol. The second kappa shape index (κ2) is 9.34. The van der Waals surface area contributed by atoms with Crippen molar-refractivity contribution in [2.24, 2.45) is 5.73 Å². The number of hydrogen-bond donors (Lipinski definition) is 2. The maximum atomic E-state index is 13.6. The fourth-order valence-electron chi connectivity index (χ4n) is 3.59. The van der Waals surface area contributed by atoms with Crippen LogP contribution in [0.4, 0.5) is 26.3 Å². The number of amides is 1. The van der Waals surface area contributed by atoms with Crippen LogP contribution < -0.4 is 11.1 Å². The van der Waals surface area contributed by atoms with Gasteiger partial charge in [-0.1, -0.05) is 36.9 Å². The van der Waals surface area contributed by atoms with Crippen molar-refractivity contribution in [1.82, 2.24) is 15.1 Å². The summed E-state index contributed by atoms with van der Waals surface area (Å²) in [6.07, 6.45) is -8.18. The molecule has 0 unspecified atom stereocenters. The molecule has 2 heterocycles. The van der Waals surface area contributed by atoms with Crippen LogP contribution in [0, 0.1) is 0 Å². The zero-order chi connectivity index (χ0) is 26.3. The van der Waals surface area contributed by atoms with Crippen LogP contribution in [0.5, 0.6) is 0 Å². The Hall–Kier alpha value is -3.80. The zero-order valence-corrected chi connectivity index (χ0v) is 19.2. The maximum Gasteiger partial charge on any atom is 0.435 e. The number of alkyl halides is 6. The first-order valence-corrected chi connectivity index (χ1v) is 11.2. The minimum absolute atomic E-state index is 0.0703. The summed E-state index contributed by atoms with van der Waals surface area (Å²) in [5, 5.41) is 6.58. The number of thiophene rings is 1. The van der Waals surface area contributed by atoms with E-state index in [9.17, 15) is 31.1 Å². The molecular formula is C24H18F6N4OS. The Bertz CT molecular complexity index is 1450. The number of rotatable bonds is 6. The number of nitrogens with two attached hydrogens (primary N) is 1. The third-order valence-corrected chi connectivity index (χ3v) is 6.33. The standard InChI is InChI=1S/C24H18F6N4OS/c1-13(31)11-32-22(35)18-12-34(33-21(18)24(28,29)30)19-7-3-5-15-10-17(36-20(15)19)9-14-4-2-6-16(8-14)23(25,26)27/h2-8,10,12H,1,9,11,31H2,(H,32,35). The Balaban J connectivity index is 1.72. The number of halogens is 6. The third-order valence-electron chi connectivity index (χ3n) is 5.16. The summed E-state index contributed by atoms with van der Waals surface area (Å²) in [7, 11) is 0. The van der Waals surface area contributed by atoms with Crippen molar-refractivity contribution in [2.75, 3.05) is 6.54 Å². The predicted octanol–water partition coefficient (Wildman–Crippen LogP) is 5.92. The summed E-state index contributed by atoms with van der Waals surface area (Å²) in [5.41, 5.74) is 3.38. The summed E-state index contributed by atoms with van der Waals surface area (Å²) < 4.78 is 81.6. The summed E-state index contributed by atoms with van der Waals surface area (Å²) in [6, 6.07) is 11.6. The van der Waals surface area contributed by atoms with E-state index >= 15 is 0 Å². The molecule has 0 aliphatic rings.